The minimum Gasteiger partial charge on any atom is -0.478 e. The third-order valence-electron chi connectivity index (χ3n) is 2.31. The van der Waals surface area contributed by atoms with Crippen molar-refractivity contribution >= 4 is 11.7 Å². The Balaban J connectivity index is 2.64. The van der Waals surface area contributed by atoms with Crippen molar-refractivity contribution in [2.45, 2.75) is 0 Å². The van der Waals surface area contributed by atoms with E-state index in [2.05, 4.69) is 0 Å². The number of nitrogens with zero attached hydrogens (tertiary/aromatic N) is 2. The predicted molar refractivity (Wildman–Crippen MR) is 59.4 cm³/mol. The van der Waals surface area contributed by atoms with Crippen LogP contribution in [-0.2, 0) is 0 Å². The lowest BCUT2D eigenvalue weighted by Crippen LogP contribution is -2.05. The van der Waals surface area contributed by atoms with Gasteiger partial charge in [0.15, 0.2) is 0 Å². The van der Waals surface area contributed by atoms with Crippen LogP contribution in [0.4, 0.5) is 5.69 Å². The molecule has 1 N–H and O–H groups in total. The molecule has 1 heterocycles. The van der Waals surface area contributed by atoms with Gasteiger partial charge in [0.05, 0.1) is 16.2 Å². The van der Waals surface area contributed by atoms with Crippen LogP contribution in [0.25, 0.3) is 5.69 Å². The van der Waals surface area contributed by atoms with Gasteiger partial charge in [0, 0.05) is 24.5 Å². The molecule has 86 valence electrons. The SMILES string of the molecule is O=C(O)c1ccc([N+](=O)[O-])cc1-n1cccc1. The highest BCUT2D eigenvalue weighted by molar-refractivity contribution is 5.92. The van der Waals surface area contributed by atoms with Crippen molar-refractivity contribution in [2.24, 2.45) is 0 Å². The van der Waals surface area contributed by atoms with Crippen LogP contribution in [0.5, 0.6) is 0 Å². The average Bonchev–Trinajstić information content (AvgIpc) is 2.81. The van der Waals surface area contributed by atoms with E-state index < -0.39 is 10.9 Å². The van der Waals surface area contributed by atoms with E-state index in [1.54, 1.807) is 24.5 Å². The van der Waals surface area contributed by atoms with E-state index in [1.165, 1.54) is 22.8 Å². The number of carbonyl (C=O) groups is 1. The average molecular weight is 232 g/mol. The van der Waals surface area contributed by atoms with E-state index in [0.717, 1.165) is 0 Å². The molecule has 0 spiro atoms. The standard InChI is InChI=1S/C11H8N2O4/c14-11(15)9-4-3-8(13(16)17)7-10(9)12-5-1-2-6-12/h1-7H,(H,14,15). The molecule has 0 saturated heterocycles. The maximum atomic E-state index is 11.0. The number of carboxylic acid groups (broad SMARTS) is 1. The molecule has 1 aromatic carbocycles. The number of hydrogen-bond donors (Lipinski definition) is 1. The van der Waals surface area contributed by atoms with Crippen LogP contribution in [0.1, 0.15) is 10.4 Å². The van der Waals surface area contributed by atoms with Crippen LogP contribution in [0.3, 0.4) is 0 Å². The zero-order valence-electron chi connectivity index (χ0n) is 8.61. The lowest BCUT2D eigenvalue weighted by molar-refractivity contribution is -0.384. The second kappa shape index (κ2) is 4.09. The molecular formula is C11H8N2O4. The van der Waals surface area contributed by atoms with Gasteiger partial charge in [0.25, 0.3) is 5.69 Å². The summed E-state index contributed by atoms with van der Waals surface area (Å²) in [6.07, 6.45) is 3.26. The number of carboxylic acids is 1. The first-order valence-electron chi connectivity index (χ1n) is 4.74. The predicted octanol–water partition coefficient (Wildman–Crippen LogP) is 2.08. The Morgan fingerprint density at radius 2 is 1.94 bits per heavy atom. The number of hydrogen-bond acceptors (Lipinski definition) is 3. The molecule has 0 atom stereocenters. The van der Waals surface area contributed by atoms with Crippen molar-refractivity contribution in [3.05, 3.63) is 58.4 Å². The lowest BCUT2D eigenvalue weighted by atomic mass is 10.1. The highest BCUT2D eigenvalue weighted by atomic mass is 16.6. The molecule has 2 rings (SSSR count). The number of benzene rings is 1. The summed E-state index contributed by atoms with van der Waals surface area (Å²) in [5.74, 6) is -1.12. The Morgan fingerprint density at radius 3 is 2.47 bits per heavy atom. The van der Waals surface area contributed by atoms with Gasteiger partial charge in [-0.15, -0.1) is 0 Å². The fourth-order valence-electron chi connectivity index (χ4n) is 1.52. The molecule has 17 heavy (non-hydrogen) atoms. The first-order valence-corrected chi connectivity index (χ1v) is 4.74. The minimum atomic E-state index is -1.12. The third kappa shape index (κ3) is 2.00. The monoisotopic (exact) mass is 232 g/mol. The van der Waals surface area contributed by atoms with E-state index in [1.807, 2.05) is 0 Å². The molecule has 0 aliphatic rings. The van der Waals surface area contributed by atoms with Crippen molar-refractivity contribution in [1.29, 1.82) is 0 Å². The molecule has 0 fully saturated rings. The van der Waals surface area contributed by atoms with Crippen LogP contribution in [0.2, 0.25) is 0 Å². The molecule has 0 aliphatic heterocycles. The molecule has 0 amide bonds. The highest BCUT2D eigenvalue weighted by Crippen LogP contribution is 2.21. The van der Waals surface area contributed by atoms with Gasteiger partial charge >= 0.3 is 5.97 Å². The van der Waals surface area contributed by atoms with Crippen LogP contribution < -0.4 is 0 Å². The van der Waals surface area contributed by atoms with Gasteiger partial charge in [0.2, 0.25) is 0 Å². The zero-order chi connectivity index (χ0) is 12.4. The number of aromatic carboxylic acids is 1. The van der Waals surface area contributed by atoms with Crippen LogP contribution in [0.15, 0.2) is 42.7 Å². The molecule has 0 unspecified atom stereocenters. The lowest BCUT2D eigenvalue weighted by Gasteiger charge is -2.06. The van der Waals surface area contributed by atoms with Gasteiger partial charge in [0.1, 0.15) is 0 Å². The van der Waals surface area contributed by atoms with Gasteiger partial charge < -0.3 is 9.67 Å². The number of aromatic nitrogens is 1. The van der Waals surface area contributed by atoms with Crippen molar-refractivity contribution in [1.82, 2.24) is 4.57 Å². The van der Waals surface area contributed by atoms with E-state index in [4.69, 9.17) is 5.11 Å². The second-order valence-electron chi connectivity index (χ2n) is 3.35. The minimum absolute atomic E-state index is 0.0202. The highest BCUT2D eigenvalue weighted by Gasteiger charge is 2.15. The first-order chi connectivity index (χ1) is 8.09. The van der Waals surface area contributed by atoms with Gasteiger partial charge in [-0.1, -0.05) is 0 Å². The molecule has 2 aromatic rings. The van der Waals surface area contributed by atoms with Crippen LogP contribution in [0, 0.1) is 10.1 Å². The summed E-state index contributed by atoms with van der Waals surface area (Å²) in [4.78, 5) is 21.1. The molecule has 6 heteroatoms. The summed E-state index contributed by atoms with van der Waals surface area (Å²) in [5, 5.41) is 19.7. The van der Waals surface area contributed by atoms with Crippen molar-refractivity contribution < 1.29 is 14.8 Å². The van der Waals surface area contributed by atoms with Crippen LogP contribution in [-0.4, -0.2) is 20.6 Å². The summed E-state index contributed by atoms with van der Waals surface area (Å²) >= 11 is 0. The molecule has 6 nitrogen and oxygen atoms in total. The Kier molecular flexibility index (Phi) is 2.61. The zero-order valence-corrected chi connectivity index (χ0v) is 8.61. The van der Waals surface area contributed by atoms with Gasteiger partial charge in [-0.2, -0.15) is 0 Å². The number of rotatable bonds is 3. The topological polar surface area (TPSA) is 85.4 Å². The Labute approximate surface area is 95.9 Å². The number of non-ortho nitro benzene ring substituents is 1. The molecule has 0 saturated carbocycles. The van der Waals surface area contributed by atoms with Gasteiger partial charge in [-0.05, 0) is 18.2 Å². The quantitative estimate of drug-likeness (QED) is 0.648. The van der Waals surface area contributed by atoms with E-state index >= 15 is 0 Å². The second-order valence-corrected chi connectivity index (χ2v) is 3.35. The largest absolute Gasteiger partial charge is 0.478 e. The van der Waals surface area contributed by atoms with Crippen molar-refractivity contribution in [3.63, 3.8) is 0 Å². The van der Waals surface area contributed by atoms with Crippen molar-refractivity contribution in [2.75, 3.05) is 0 Å². The summed E-state index contributed by atoms with van der Waals surface area (Å²) in [7, 11) is 0. The first kappa shape index (κ1) is 10.9. The van der Waals surface area contributed by atoms with E-state index in [9.17, 15) is 14.9 Å². The maximum absolute atomic E-state index is 11.0. The Bertz CT molecular complexity index is 575. The summed E-state index contributed by atoms with van der Waals surface area (Å²) in [6.45, 7) is 0. The number of nitro groups is 1. The Hall–Kier alpha value is -2.63. The molecule has 0 radical (unpaired) electrons. The van der Waals surface area contributed by atoms with E-state index in [0.29, 0.717) is 0 Å². The summed E-state index contributed by atoms with van der Waals surface area (Å²) in [5.41, 5.74) is 0.155. The molecule has 1 aromatic heterocycles. The van der Waals surface area contributed by atoms with E-state index in [-0.39, 0.29) is 16.9 Å². The smallest absolute Gasteiger partial charge is 0.337 e. The van der Waals surface area contributed by atoms with Crippen LogP contribution >= 0.6 is 0 Å². The molecular weight excluding hydrogens is 224 g/mol. The maximum Gasteiger partial charge on any atom is 0.337 e. The van der Waals surface area contributed by atoms with Gasteiger partial charge in [-0.25, -0.2) is 4.79 Å². The van der Waals surface area contributed by atoms with Crippen molar-refractivity contribution in [3.8, 4) is 5.69 Å². The summed E-state index contributed by atoms with van der Waals surface area (Å²) < 4.78 is 1.52. The summed E-state index contributed by atoms with van der Waals surface area (Å²) in [6, 6.07) is 7.07. The molecule has 0 bridgehead atoms. The van der Waals surface area contributed by atoms with Gasteiger partial charge in [-0.3, -0.25) is 10.1 Å². The Morgan fingerprint density at radius 1 is 1.29 bits per heavy atom. The fourth-order valence-corrected chi connectivity index (χ4v) is 1.52. The fraction of sp³-hybridized carbons (Fsp3) is 0. The number of nitro benzene ring substituents is 1. The molecule has 0 aliphatic carbocycles. The third-order valence-corrected chi connectivity index (χ3v) is 2.31. The normalized spacial score (nSPS) is 10.1.